The third-order valence-corrected chi connectivity index (χ3v) is 6.44. The highest BCUT2D eigenvalue weighted by Gasteiger charge is 2.29. The van der Waals surface area contributed by atoms with Crippen molar-refractivity contribution in [3.8, 4) is 11.5 Å². The van der Waals surface area contributed by atoms with Gasteiger partial charge in [0, 0.05) is 37.6 Å². The van der Waals surface area contributed by atoms with Gasteiger partial charge in [-0.1, -0.05) is 0 Å². The number of nitrogens with zero attached hydrogens (tertiary/aromatic N) is 4. The number of hydrogen-bond acceptors (Lipinski definition) is 10. The van der Waals surface area contributed by atoms with Crippen LogP contribution in [0.5, 0.6) is 11.5 Å². The third-order valence-electron chi connectivity index (χ3n) is 4.98. The predicted molar refractivity (Wildman–Crippen MR) is 127 cm³/mol. The number of hydrogen-bond donors (Lipinski definition) is 2. The van der Waals surface area contributed by atoms with Gasteiger partial charge in [0.25, 0.3) is 5.91 Å². The zero-order chi connectivity index (χ0) is 25.8. The average Bonchev–Trinajstić information content (AvgIpc) is 3.01. The summed E-state index contributed by atoms with van der Waals surface area (Å²) in [7, 11) is -2.61. The number of amides is 2. The first-order valence-corrected chi connectivity index (χ1v) is 12.3. The minimum Gasteiger partial charge on any atom is -0.493 e. The number of carbonyl (C=O) groups excluding carboxylic acids is 2. The number of primary amides is 1. The Labute approximate surface area is 203 Å². The van der Waals surface area contributed by atoms with Gasteiger partial charge in [0.1, 0.15) is 17.7 Å². The monoisotopic (exact) mass is 510 g/mol. The molecule has 13 nitrogen and oxygen atoms in total. The van der Waals surface area contributed by atoms with Crippen LogP contribution >= 0.6 is 0 Å². The van der Waals surface area contributed by atoms with E-state index in [0.717, 1.165) is 0 Å². The summed E-state index contributed by atoms with van der Waals surface area (Å²) in [6.45, 7) is 5.82. The van der Waals surface area contributed by atoms with E-state index in [1.807, 2.05) is 9.62 Å². The van der Waals surface area contributed by atoms with Crippen molar-refractivity contribution < 1.29 is 32.2 Å². The summed E-state index contributed by atoms with van der Waals surface area (Å²) >= 11 is 0. The zero-order valence-corrected chi connectivity index (χ0v) is 20.9. The van der Waals surface area contributed by atoms with E-state index in [2.05, 4.69) is 9.97 Å². The van der Waals surface area contributed by atoms with E-state index in [1.54, 1.807) is 32.9 Å². The predicted octanol–water partition coefficient (Wildman–Crippen LogP) is 0.784. The lowest BCUT2D eigenvalue weighted by Crippen LogP contribution is -2.46. The Balaban J connectivity index is 1.80. The Morgan fingerprint density at radius 2 is 1.86 bits per heavy atom. The van der Waals surface area contributed by atoms with E-state index in [9.17, 15) is 18.0 Å². The molecule has 1 saturated heterocycles. The Morgan fingerprint density at radius 3 is 2.51 bits per heavy atom. The summed E-state index contributed by atoms with van der Waals surface area (Å²) in [5.41, 5.74) is 4.89. The van der Waals surface area contributed by atoms with Gasteiger partial charge in [-0.05, 0) is 33.3 Å². The summed E-state index contributed by atoms with van der Waals surface area (Å²) in [4.78, 5) is 33.7. The molecular weight excluding hydrogens is 480 g/mol. The van der Waals surface area contributed by atoms with Gasteiger partial charge < -0.3 is 24.8 Å². The van der Waals surface area contributed by atoms with Crippen LogP contribution in [-0.4, -0.2) is 80.2 Å². The van der Waals surface area contributed by atoms with E-state index in [-0.39, 0.29) is 19.7 Å². The lowest BCUT2D eigenvalue weighted by molar-refractivity contribution is -0.119. The fourth-order valence-corrected chi connectivity index (χ4v) is 4.61. The first-order valence-electron chi connectivity index (χ1n) is 10.9. The third kappa shape index (κ3) is 6.82. The molecule has 0 bridgehead atoms. The van der Waals surface area contributed by atoms with Crippen LogP contribution in [0.4, 0.5) is 10.6 Å². The number of methoxy groups -OCH3 is 1. The maximum atomic E-state index is 12.7. The topological polar surface area (TPSA) is 166 Å². The van der Waals surface area contributed by atoms with E-state index in [0.29, 0.717) is 47.7 Å². The van der Waals surface area contributed by atoms with Crippen molar-refractivity contribution in [2.24, 2.45) is 5.73 Å². The molecule has 1 aliphatic heterocycles. The van der Waals surface area contributed by atoms with Crippen LogP contribution in [0.1, 0.15) is 27.2 Å². The highest BCUT2D eigenvalue weighted by Crippen LogP contribution is 2.35. The van der Waals surface area contributed by atoms with Crippen LogP contribution in [0.25, 0.3) is 10.9 Å². The molecule has 0 unspecified atom stereocenters. The summed E-state index contributed by atoms with van der Waals surface area (Å²) < 4.78 is 44.5. The van der Waals surface area contributed by atoms with Gasteiger partial charge in [-0.3, -0.25) is 4.79 Å². The first kappa shape index (κ1) is 26.2. The highest BCUT2D eigenvalue weighted by molar-refractivity contribution is 7.87. The van der Waals surface area contributed by atoms with Crippen molar-refractivity contribution in [2.45, 2.75) is 32.8 Å². The zero-order valence-electron chi connectivity index (χ0n) is 20.1. The van der Waals surface area contributed by atoms with Crippen molar-refractivity contribution in [3.63, 3.8) is 0 Å². The van der Waals surface area contributed by atoms with Crippen molar-refractivity contribution in [3.05, 3.63) is 18.5 Å². The molecular formula is C21H30N6O7S. The SMILES string of the molecule is COc1cc2c(N3CCCN(S(=O)(=O)NC(=O)OC(C)(C)C)CC3)ncnc2cc1OCC(N)=O. The molecule has 2 heterocycles. The van der Waals surface area contributed by atoms with E-state index >= 15 is 0 Å². The van der Waals surface area contributed by atoms with Gasteiger partial charge in [-0.2, -0.15) is 12.7 Å². The Hall–Kier alpha value is -3.39. The average molecular weight is 511 g/mol. The van der Waals surface area contributed by atoms with Crippen molar-refractivity contribution in [2.75, 3.05) is 44.8 Å². The number of ether oxygens (including phenoxy) is 3. The second-order valence-corrected chi connectivity index (χ2v) is 10.5. The summed E-state index contributed by atoms with van der Waals surface area (Å²) in [5, 5.41) is 0.666. The molecule has 1 aliphatic rings. The molecule has 2 aromatic rings. The summed E-state index contributed by atoms with van der Waals surface area (Å²) in [6, 6.07) is 3.33. The van der Waals surface area contributed by atoms with Crippen molar-refractivity contribution in [1.29, 1.82) is 0 Å². The fourth-order valence-electron chi connectivity index (χ4n) is 3.54. The molecule has 0 atom stereocenters. The molecule has 192 valence electrons. The largest absolute Gasteiger partial charge is 0.493 e. The second-order valence-electron chi connectivity index (χ2n) is 8.82. The van der Waals surface area contributed by atoms with Crippen LogP contribution in [0.3, 0.4) is 0 Å². The second kappa shape index (κ2) is 10.5. The number of rotatable bonds is 7. The number of benzene rings is 1. The van der Waals surface area contributed by atoms with Crippen LogP contribution in [0.2, 0.25) is 0 Å². The van der Waals surface area contributed by atoms with Crippen molar-refractivity contribution in [1.82, 2.24) is 19.0 Å². The standard InChI is InChI=1S/C21H30N6O7S/c1-21(2,3)34-20(29)25-35(30,31)27-7-5-6-26(8-9-27)19-14-10-16(32-4)17(33-12-18(22)28)11-15(14)23-13-24-19/h10-11,13H,5-9,12H2,1-4H3,(H2,22,28)(H,25,29). The van der Waals surface area contributed by atoms with Gasteiger partial charge in [-0.25, -0.2) is 19.5 Å². The first-order chi connectivity index (χ1) is 16.4. The van der Waals surface area contributed by atoms with E-state index in [4.69, 9.17) is 19.9 Å². The molecule has 14 heteroatoms. The Kier molecular flexibility index (Phi) is 7.85. The maximum absolute atomic E-state index is 12.7. The molecule has 0 spiro atoms. The van der Waals surface area contributed by atoms with Crippen LogP contribution in [-0.2, 0) is 19.7 Å². The lowest BCUT2D eigenvalue weighted by Gasteiger charge is -2.24. The minimum absolute atomic E-state index is 0.126. The van der Waals surface area contributed by atoms with Gasteiger partial charge >= 0.3 is 16.3 Å². The minimum atomic E-state index is -4.08. The Bertz CT molecular complexity index is 1200. The Morgan fingerprint density at radius 1 is 1.11 bits per heavy atom. The quantitative estimate of drug-likeness (QED) is 0.543. The highest BCUT2D eigenvalue weighted by atomic mass is 32.2. The van der Waals surface area contributed by atoms with E-state index in [1.165, 1.54) is 17.7 Å². The molecule has 1 aromatic carbocycles. The molecule has 1 aromatic heterocycles. The molecule has 2 amide bonds. The van der Waals surface area contributed by atoms with Gasteiger partial charge in [0.15, 0.2) is 18.1 Å². The van der Waals surface area contributed by atoms with Gasteiger partial charge in [-0.15, -0.1) is 0 Å². The molecule has 0 aliphatic carbocycles. The summed E-state index contributed by atoms with van der Waals surface area (Å²) in [5.74, 6) is 0.648. The molecule has 3 N–H and O–H groups in total. The molecule has 1 fully saturated rings. The van der Waals surface area contributed by atoms with Gasteiger partial charge in [0.2, 0.25) is 0 Å². The number of aromatic nitrogens is 2. The van der Waals surface area contributed by atoms with Crippen molar-refractivity contribution >= 4 is 38.9 Å². The molecule has 35 heavy (non-hydrogen) atoms. The normalized spacial score (nSPS) is 15.4. The molecule has 3 rings (SSSR count). The lowest BCUT2D eigenvalue weighted by atomic mass is 10.2. The van der Waals surface area contributed by atoms with Crippen LogP contribution in [0, 0.1) is 0 Å². The number of carbonyl (C=O) groups is 2. The number of nitrogens with two attached hydrogens (primary N) is 1. The smallest absolute Gasteiger partial charge is 0.422 e. The number of anilines is 1. The van der Waals surface area contributed by atoms with Gasteiger partial charge in [0.05, 0.1) is 12.6 Å². The molecule has 0 saturated carbocycles. The molecule has 0 radical (unpaired) electrons. The number of nitrogens with one attached hydrogen (secondary N) is 1. The van der Waals surface area contributed by atoms with E-state index < -0.39 is 27.8 Å². The van der Waals surface area contributed by atoms with Crippen LogP contribution < -0.4 is 24.8 Å². The fraction of sp³-hybridized carbons (Fsp3) is 0.524. The summed E-state index contributed by atoms with van der Waals surface area (Å²) in [6.07, 6.45) is 0.866. The maximum Gasteiger partial charge on any atom is 0.422 e. The van der Waals surface area contributed by atoms with Crippen LogP contribution in [0.15, 0.2) is 18.5 Å². The number of fused-ring (bicyclic) bond motifs is 1.